The van der Waals surface area contributed by atoms with E-state index >= 15 is 0 Å². The molecule has 3 heteroatoms. The van der Waals surface area contributed by atoms with Crippen molar-refractivity contribution in [3.05, 3.63) is 0 Å². The van der Waals surface area contributed by atoms with Crippen LogP contribution >= 0.6 is 0 Å². The molecule has 0 aromatic carbocycles. The summed E-state index contributed by atoms with van der Waals surface area (Å²) in [6, 6.07) is 0. The van der Waals surface area contributed by atoms with E-state index in [0.29, 0.717) is 18.4 Å². The van der Waals surface area contributed by atoms with Gasteiger partial charge < -0.3 is 10.4 Å². The van der Waals surface area contributed by atoms with Crippen LogP contribution in [0, 0.1) is 23.2 Å². The standard InChI is InChI=1S/C17H29NO2/c1-2-15(19)3-4-18-16(20)11-17-8-12-5-13(9-17)7-14(6-12)10-17/h12-15,19H,2-11H2,1H3,(H,18,20). The highest BCUT2D eigenvalue weighted by molar-refractivity contribution is 5.76. The number of aliphatic hydroxyl groups excluding tert-OH is 1. The minimum absolute atomic E-state index is 0.218. The molecule has 20 heavy (non-hydrogen) atoms. The molecule has 4 aliphatic rings. The molecule has 0 saturated heterocycles. The van der Waals surface area contributed by atoms with Crippen LogP contribution in [0.2, 0.25) is 0 Å². The SMILES string of the molecule is CCC(O)CCNC(=O)CC12CC3CC(CC(C3)C1)C2. The fraction of sp³-hybridized carbons (Fsp3) is 0.941. The molecule has 0 radical (unpaired) electrons. The Hall–Kier alpha value is -0.570. The summed E-state index contributed by atoms with van der Waals surface area (Å²) in [6.07, 6.45) is 10.1. The third-order valence-corrected chi connectivity index (χ3v) is 5.97. The molecular weight excluding hydrogens is 250 g/mol. The predicted octanol–water partition coefficient (Wildman–Crippen LogP) is 2.87. The van der Waals surface area contributed by atoms with E-state index in [9.17, 15) is 9.90 Å². The van der Waals surface area contributed by atoms with Crippen molar-refractivity contribution in [3.63, 3.8) is 0 Å². The molecular formula is C17H29NO2. The number of amides is 1. The number of hydrogen-bond acceptors (Lipinski definition) is 2. The van der Waals surface area contributed by atoms with Crippen molar-refractivity contribution in [2.24, 2.45) is 23.2 Å². The molecule has 0 aromatic heterocycles. The van der Waals surface area contributed by atoms with Crippen molar-refractivity contribution in [3.8, 4) is 0 Å². The molecule has 114 valence electrons. The van der Waals surface area contributed by atoms with Crippen LogP contribution in [0.15, 0.2) is 0 Å². The predicted molar refractivity (Wildman–Crippen MR) is 79.1 cm³/mol. The van der Waals surface area contributed by atoms with Crippen LogP contribution in [0.25, 0.3) is 0 Å². The first-order valence-corrected chi connectivity index (χ1v) is 8.53. The monoisotopic (exact) mass is 279 g/mol. The van der Waals surface area contributed by atoms with E-state index in [1.807, 2.05) is 6.92 Å². The van der Waals surface area contributed by atoms with Gasteiger partial charge >= 0.3 is 0 Å². The first kappa shape index (κ1) is 14.4. The van der Waals surface area contributed by atoms with Crippen molar-refractivity contribution in [2.75, 3.05) is 6.54 Å². The van der Waals surface area contributed by atoms with Crippen molar-refractivity contribution in [1.82, 2.24) is 5.32 Å². The average Bonchev–Trinajstić information content (AvgIpc) is 2.36. The third kappa shape index (κ3) is 3.03. The molecule has 4 rings (SSSR count). The molecule has 4 aliphatic carbocycles. The fourth-order valence-corrected chi connectivity index (χ4v) is 5.49. The Morgan fingerprint density at radius 3 is 2.25 bits per heavy atom. The zero-order valence-corrected chi connectivity index (χ0v) is 12.7. The smallest absolute Gasteiger partial charge is 0.220 e. The molecule has 2 N–H and O–H groups in total. The lowest BCUT2D eigenvalue weighted by atomic mass is 9.49. The summed E-state index contributed by atoms with van der Waals surface area (Å²) in [6.45, 7) is 2.60. The van der Waals surface area contributed by atoms with Crippen molar-refractivity contribution in [2.45, 2.75) is 70.8 Å². The van der Waals surface area contributed by atoms with Gasteiger partial charge in [0.15, 0.2) is 0 Å². The molecule has 1 atom stereocenters. The summed E-state index contributed by atoms with van der Waals surface area (Å²) in [5, 5.41) is 12.5. The zero-order valence-electron chi connectivity index (χ0n) is 12.7. The van der Waals surface area contributed by atoms with Crippen molar-refractivity contribution in [1.29, 1.82) is 0 Å². The number of rotatable bonds is 6. The van der Waals surface area contributed by atoms with Gasteiger partial charge in [-0.3, -0.25) is 4.79 Å². The second-order valence-electron chi connectivity index (χ2n) is 7.80. The molecule has 4 fully saturated rings. The summed E-state index contributed by atoms with van der Waals surface area (Å²) in [7, 11) is 0. The number of aliphatic hydroxyl groups is 1. The summed E-state index contributed by atoms with van der Waals surface area (Å²) in [5.74, 6) is 2.96. The van der Waals surface area contributed by atoms with Crippen LogP contribution in [0.4, 0.5) is 0 Å². The second kappa shape index (κ2) is 5.67. The van der Waals surface area contributed by atoms with Gasteiger partial charge in [-0.15, -0.1) is 0 Å². The van der Waals surface area contributed by atoms with Gasteiger partial charge in [0, 0.05) is 13.0 Å². The van der Waals surface area contributed by atoms with E-state index in [4.69, 9.17) is 0 Å². The fourth-order valence-electron chi connectivity index (χ4n) is 5.49. The van der Waals surface area contributed by atoms with Gasteiger partial charge in [-0.2, -0.15) is 0 Å². The maximum Gasteiger partial charge on any atom is 0.220 e. The lowest BCUT2D eigenvalue weighted by Crippen LogP contribution is -2.48. The lowest BCUT2D eigenvalue weighted by molar-refractivity contribution is -0.129. The first-order chi connectivity index (χ1) is 9.58. The summed E-state index contributed by atoms with van der Waals surface area (Å²) < 4.78 is 0. The Balaban J connectivity index is 1.49. The van der Waals surface area contributed by atoms with E-state index in [0.717, 1.165) is 30.6 Å². The van der Waals surface area contributed by atoms with Gasteiger partial charge in [0.1, 0.15) is 0 Å². The minimum Gasteiger partial charge on any atom is -0.393 e. The van der Waals surface area contributed by atoms with E-state index < -0.39 is 0 Å². The highest BCUT2D eigenvalue weighted by Crippen LogP contribution is 2.61. The molecule has 0 aliphatic heterocycles. The average molecular weight is 279 g/mol. The molecule has 1 amide bonds. The normalized spacial score (nSPS) is 39.8. The Morgan fingerprint density at radius 2 is 1.75 bits per heavy atom. The Morgan fingerprint density at radius 1 is 1.20 bits per heavy atom. The molecule has 0 heterocycles. The van der Waals surface area contributed by atoms with Gasteiger partial charge in [0.2, 0.25) is 5.91 Å². The highest BCUT2D eigenvalue weighted by Gasteiger charge is 2.51. The van der Waals surface area contributed by atoms with Gasteiger partial charge in [0.05, 0.1) is 6.10 Å². The van der Waals surface area contributed by atoms with Crippen LogP contribution in [-0.2, 0) is 4.79 Å². The van der Waals surface area contributed by atoms with Crippen molar-refractivity contribution >= 4 is 5.91 Å². The summed E-state index contributed by atoms with van der Waals surface area (Å²) in [4.78, 5) is 12.2. The molecule has 3 nitrogen and oxygen atoms in total. The quantitative estimate of drug-likeness (QED) is 0.785. The van der Waals surface area contributed by atoms with Gasteiger partial charge in [-0.25, -0.2) is 0 Å². The van der Waals surface area contributed by atoms with Gasteiger partial charge in [-0.05, 0) is 74.5 Å². The lowest BCUT2D eigenvalue weighted by Gasteiger charge is -2.56. The van der Waals surface area contributed by atoms with E-state index in [-0.39, 0.29) is 12.0 Å². The largest absolute Gasteiger partial charge is 0.393 e. The van der Waals surface area contributed by atoms with Crippen LogP contribution in [-0.4, -0.2) is 23.7 Å². The zero-order chi connectivity index (χ0) is 14.2. The number of hydrogen-bond donors (Lipinski definition) is 2. The third-order valence-electron chi connectivity index (χ3n) is 5.97. The van der Waals surface area contributed by atoms with Crippen LogP contribution < -0.4 is 5.32 Å². The van der Waals surface area contributed by atoms with E-state index in [1.165, 1.54) is 38.5 Å². The summed E-state index contributed by atoms with van der Waals surface area (Å²) in [5.41, 5.74) is 0.336. The summed E-state index contributed by atoms with van der Waals surface area (Å²) >= 11 is 0. The Labute approximate surface area is 122 Å². The topological polar surface area (TPSA) is 49.3 Å². The molecule has 4 saturated carbocycles. The molecule has 0 aromatic rings. The minimum atomic E-state index is -0.269. The number of carbonyl (C=O) groups excluding carboxylic acids is 1. The van der Waals surface area contributed by atoms with E-state index in [1.54, 1.807) is 0 Å². The molecule has 0 spiro atoms. The molecule has 1 unspecified atom stereocenters. The van der Waals surface area contributed by atoms with Crippen molar-refractivity contribution < 1.29 is 9.90 Å². The Bertz CT molecular complexity index is 331. The Kier molecular flexibility index (Phi) is 4.07. The number of carbonyl (C=O) groups is 1. The van der Waals surface area contributed by atoms with Crippen LogP contribution in [0.3, 0.4) is 0 Å². The number of nitrogens with one attached hydrogen (secondary N) is 1. The first-order valence-electron chi connectivity index (χ1n) is 8.53. The molecule has 4 bridgehead atoms. The highest BCUT2D eigenvalue weighted by atomic mass is 16.3. The van der Waals surface area contributed by atoms with Crippen LogP contribution in [0.1, 0.15) is 64.7 Å². The second-order valence-corrected chi connectivity index (χ2v) is 7.80. The van der Waals surface area contributed by atoms with Gasteiger partial charge in [0.25, 0.3) is 0 Å². The maximum absolute atomic E-state index is 12.2. The van der Waals surface area contributed by atoms with Gasteiger partial charge in [-0.1, -0.05) is 6.92 Å². The van der Waals surface area contributed by atoms with Crippen LogP contribution in [0.5, 0.6) is 0 Å². The van der Waals surface area contributed by atoms with E-state index in [2.05, 4.69) is 5.32 Å². The maximum atomic E-state index is 12.2.